The van der Waals surface area contributed by atoms with E-state index in [-0.39, 0.29) is 17.2 Å². The van der Waals surface area contributed by atoms with E-state index in [1.807, 2.05) is 12.1 Å². The molecule has 136 valence electrons. The van der Waals surface area contributed by atoms with Gasteiger partial charge >= 0.3 is 11.7 Å². The zero-order valence-electron chi connectivity index (χ0n) is 14.5. The van der Waals surface area contributed by atoms with Crippen LogP contribution < -0.4 is 4.74 Å². The van der Waals surface area contributed by atoms with Gasteiger partial charge in [0.05, 0.1) is 4.92 Å². The van der Waals surface area contributed by atoms with Crippen molar-refractivity contribution in [2.24, 2.45) is 0 Å². The molecule has 0 aliphatic heterocycles. The first kappa shape index (κ1) is 19.1. The van der Waals surface area contributed by atoms with Crippen LogP contribution >= 0.6 is 0 Å². The Kier molecular flexibility index (Phi) is 6.43. The van der Waals surface area contributed by atoms with E-state index in [2.05, 4.69) is 13.8 Å². The van der Waals surface area contributed by atoms with Crippen LogP contribution in [0.1, 0.15) is 35.7 Å². The Balaban J connectivity index is 1.85. The van der Waals surface area contributed by atoms with E-state index in [1.54, 1.807) is 18.2 Å². The molecule has 0 unspecified atom stereocenters. The number of nitrogens with zero attached hydrogens (tertiary/aromatic N) is 1. The molecule has 0 aliphatic rings. The minimum atomic E-state index is -0.782. The molecule has 0 spiro atoms. The molecule has 0 fully saturated rings. The Hall–Kier alpha value is -3.22. The molecule has 0 saturated heterocycles. The molecule has 26 heavy (non-hydrogen) atoms. The van der Waals surface area contributed by atoms with Gasteiger partial charge in [0.15, 0.2) is 24.7 Å². The SMILES string of the molecule is CC(C)c1ccc(C(=O)COC(=O)COc2ccccc2[N+](=O)[O-])cc1. The predicted molar refractivity (Wildman–Crippen MR) is 94.4 cm³/mol. The number of para-hydroxylation sites is 2. The third-order valence-corrected chi connectivity index (χ3v) is 3.67. The first-order chi connectivity index (χ1) is 12.4. The molecular formula is C19H19NO6. The zero-order chi connectivity index (χ0) is 19.1. The van der Waals surface area contributed by atoms with Crippen LogP contribution in [-0.4, -0.2) is 29.9 Å². The Bertz CT molecular complexity index is 798. The molecule has 2 aromatic rings. The summed E-state index contributed by atoms with van der Waals surface area (Å²) in [4.78, 5) is 34.0. The van der Waals surface area contributed by atoms with Gasteiger partial charge in [-0.3, -0.25) is 14.9 Å². The molecule has 7 heteroatoms. The first-order valence-corrected chi connectivity index (χ1v) is 8.03. The van der Waals surface area contributed by atoms with Crippen molar-refractivity contribution in [3.05, 3.63) is 69.8 Å². The normalized spacial score (nSPS) is 10.4. The van der Waals surface area contributed by atoms with Crippen LogP contribution in [0, 0.1) is 10.1 Å². The lowest BCUT2D eigenvalue weighted by molar-refractivity contribution is -0.385. The summed E-state index contributed by atoms with van der Waals surface area (Å²) in [6.07, 6.45) is 0. The number of esters is 1. The second-order valence-corrected chi connectivity index (χ2v) is 5.87. The number of Topliss-reactive ketones (excluding diaryl/α,β-unsaturated/α-hetero) is 1. The lowest BCUT2D eigenvalue weighted by atomic mass is 10.0. The van der Waals surface area contributed by atoms with Crippen molar-refractivity contribution < 1.29 is 24.0 Å². The molecule has 0 atom stereocenters. The van der Waals surface area contributed by atoms with Gasteiger partial charge in [-0.25, -0.2) is 4.79 Å². The van der Waals surface area contributed by atoms with Crippen LogP contribution in [0.25, 0.3) is 0 Å². The van der Waals surface area contributed by atoms with E-state index in [0.29, 0.717) is 11.5 Å². The van der Waals surface area contributed by atoms with E-state index in [4.69, 9.17) is 9.47 Å². The van der Waals surface area contributed by atoms with Gasteiger partial charge in [0.2, 0.25) is 0 Å². The Morgan fingerprint density at radius 1 is 1.04 bits per heavy atom. The van der Waals surface area contributed by atoms with Crippen molar-refractivity contribution in [3.8, 4) is 5.75 Å². The maximum Gasteiger partial charge on any atom is 0.344 e. The number of hydrogen-bond acceptors (Lipinski definition) is 6. The summed E-state index contributed by atoms with van der Waals surface area (Å²) in [5, 5.41) is 10.9. The van der Waals surface area contributed by atoms with E-state index in [0.717, 1.165) is 5.56 Å². The molecule has 0 aliphatic carbocycles. The molecule has 7 nitrogen and oxygen atoms in total. The summed E-state index contributed by atoms with van der Waals surface area (Å²) < 4.78 is 9.99. The minimum absolute atomic E-state index is 0.0370. The van der Waals surface area contributed by atoms with Gasteiger partial charge in [-0.2, -0.15) is 0 Å². The van der Waals surface area contributed by atoms with Crippen LogP contribution in [0.5, 0.6) is 5.75 Å². The van der Waals surface area contributed by atoms with Crippen LogP contribution in [0.3, 0.4) is 0 Å². The quantitative estimate of drug-likeness (QED) is 0.310. The summed E-state index contributed by atoms with van der Waals surface area (Å²) in [7, 11) is 0. The molecule has 0 radical (unpaired) electrons. The third-order valence-electron chi connectivity index (χ3n) is 3.67. The minimum Gasteiger partial charge on any atom is -0.475 e. The molecular weight excluding hydrogens is 338 g/mol. The van der Waals surface area contributed by atoms with Crippen molar-refractivity contribution in [2.45, 2.75) is 19.8 Å². The number of carbonyl (C=O) groups excluding carboxylic acids is 2. The fourth-order valence-corrected chi connectivity index (χ4v) is 2.19. The number of ketones is 1. The fraction of sp³-hybridized carbons (Fsp3) is 0.263. The topological polar surface area (TPSA) is 95.7 Å². The van der Waals surface area contributed by atoms with E-state index in [1.165, 1.54) is 18.2 Å². The second kappa shape index (κ2) is 8.75. The molecule has 2 aromatic carbocycles. The number of benzene rings is 2. The summed E-state index contributed by atoms with van der Waals surface area (Å²) >= 11 is 0. The summed E-state index contributed by atoms with van der Waals surface area (Å²) in [6, 6.07) is 12.8. The van der Waals surface area contributed by atoms with Gasteiger partial charge in [0, 0.05) is 11.6 Å². The highest BCUT2D eigenvalue weighted by Crippen LogP contribution is 2.25. The van der Waals surface area contributed by atoms with Crippen LogP contribution in [-0.2, 0) is 9.53 Å². The molecule has 0 N–H and O–H groups in total. The average Bonchev–Trinajstić information content (AvgIpc) is 2.64. The lowest BCUT2D eigenvalue weighted by Crippen LogP contribution is -2.19. The van der Waals surface area contributed by atoms with Crippen molar-refractivity contribution >= 4 is 17.4 Å². The van der Waals surface area contributed by atoms with Crippen molar-refractivity contribution in [2.75, 3.05) is 13.2 Å². The van der Waals surface area contributed by atoms with E-state index in [9.17, 15) is 19.7 Å². The summed E-state index contributed by atoms with van der Waals surface area (Å²) in [5.74, 6) is -0.795. The Morgan fingerprint density at radius 3 is 2.31 bits per heavy atom. The van der Waals surface area contributed by atoms with Crippen molar-refractivity contribution in [1.82, 2.24) is 0 Å². The predicted octanol–water partition coefficient (Wildman–Crippen LogP) is 3.52. The standard InChI is InChI=1S/C19H19NO6/c1-13(2)14-7-9-15(10-8-14)17(21)11-26-19(22)12-25-18-6-4-3-5-16(18)20(23)24/h3-10,13H,11-12H2,1-2H3. The highest BCUT2D eigenvalue weighted by molar-refractivity contribution is 5.98. The summed E-state index contributed by atoms with van der Waals surface area (Å²) in [5.41, 5.74) is 1.31. The second-order valence-electron chi connectivity index (χ2n) is 5.87. The Morgan fingerprint density at radius 2 is 1.69 bits per heavy atom. The number of rotatable bonds is 8. The largest absolute Gasteiger partial charge is 0.475 e. The highest BCUT2D eigenvalue weighted by atomic mass is 16.6. The average molecular weight is 357 g/mol. The van der Waals surface area contributed by atoms with Crippen molar-refractivity contribution in [3.63, 3.8) is 0 Å². The number of ether oxygens (including phenoxy) is 2. The zero-order valence-corrected chi connectivity index (χ0v) is 14.5. The highest BCUT2D eigenvalue weighted by Gasteiger charge is 2.16. The maximum atomic E-state index is 12.0. The van der Waals surface area contributed by atoms with Crippen LogP contribution in [0.15, 0.2) is 48.5 Å². The molecule has 0 saturated carbocycles. The smallest absolute Gasteiger partial charge is 0.344 e. The molecule has 0 bridgehead atoms. The number of nitro benzene ring substituents is 1. The van der Waals surface area contributed by atoms with Gasteiger partial charge in [-0.1, -0.05) is 50.2 Å². The number of nitro groups is 1. The number of carbonyl (C=O) groups is 2. The first-order valence-electron chi connectivity index (χ1n) is 8.03. The van der Waals surface area contributed by atoms with Gasteiger partial charge in [0.1, 0.15) is 0 Å². The van der Waals surface area contributed by atoms with Gasteiger partial charge in [-0.05, 0) is 17.5 Å². The van der Waals surface area contributed by atoms with E-state index >= 15 is 0 Å². The molecule has 0 heterocycles. The monoisotopic (exact) mass is 357 g/mol. The van der Waals surface area contributed by atoms with Crippen molar-refractivity contribution in [1.29, 1.82) is 0 Å². The molecule has 2 rings (SSSR count). The molecule has 0 amide bonds. The van der Waals surface area contributed by atoms with Crippen LogP contribution in [0.2, 0.25) is 0 Å². The van der Waals surface area contributed by atoms with Gasteiger partial charge in [-0.15, -0.1) is 0 Å². The molecule has 0 aromatic heterocycles. The van der Waals surface area contributed by atoms with E-state index < -0.39 is 24.1 Å². The Labute approximate surface area is 150 Å². The van der Waals surface area contributed by atoms with Gasteiger partial charge < -0.3 is 9.47 Å². The lowest BCUT2D eigenvalue weighted by Gasteiger charge is -2.08. The number of hydrogen-bond donors (Lipinski definition) is 0. The fourth-order valence-electron chi connectivity index (χ4n) is 2.19. The van der Waals surface area contributed by atoms with Crippen LogP contribution in [0.4, 0.5) is 5.69 Å². The maximum absolute atomic E-state index is 12.0. The third kappa shape index (κ3) is 5.14. The van der Waals surface area contributed by atoms with Gasteiger partial charge in [0.25, 0.3) is 0 Å². The summed E-state index contributed by atoms with van der Waals surface area (Å²) in [6.45, 7) is 3.16.